The molecule has 0 spiro atoms. The van der Waals surface area contributed by atoms with Gasteiger partial charge >= 0.3 is 6.09 Å². The number of alkyl carbamates (subject to hydrolysis) is 1. The first kappa shape index (κ1) is 23.6. The van der Waals surface area contributed by atoms with Crippen LogP contribution in [0.1, 0.15) is 46.5 Å². The highest BCUT2D eigenvalue weighted by Gasteiger charge is 2.26. The van der Waals surface area contributed by atoms with Crippen LogP contribution in [0.2, 0.25) is 5.02 Å². The molecule has 0 unspecified atom stereocenters. The molecule has 0 saturated carbocycles. The van der Waals surface area contributed by atoms with Crippen LogP contribution in [-0.4, -0.2) is 42.6 Å². The minimum Gasteiger partial charge on any atom is -0.449 e. The van der Waals surface area contributed by atoms with E-state index < -0.39 is 6.09 Å². The van der Waals surface area contributed by atoms with Gasteiger partial charge in [-0.1, -0.05) is 31.5 Å². The largest absolute Gasteiger partial charge is 0.449 e. The molecule has 2 aromatic carbocycles. The average molecular weight is 483 g/mol. The van der Waals surface area contributed by atoms with Gasteiger partial charge in [0, 0.05) is 57.9 Å². The second kappa shape index (κ2) is 10.2. The summed E-state index contributed by atoms with van der Waals surface area (Å²) in [4.78, 5) is 39.8. The minimum atomic E-state index is -0.447. The fourth-order valence-corrected chi connectivity index (χ4v) is 4.06. The number of halogens is 1. The SMILES string of the molecule is CC(C)COC(=O)NCCCNC(=O)c1ccc2[nH]c(-c3ccc(Cl)c4c3C(=O)NC4)cc2c1. The predicted octanol–water partition coefficient (Wildman–Crippen LogP) is 4.23. The maximum atomic E-state index is 12.6. The molecule has 8 nitrogen and oxygen atoms in total. The predicted molar refractivity (Wildman–Crippen MR) is 131 cm³/mol. The Morgan fingerprint density at radius 3 is 2.71 bits per heavy atom. The van der Waals surface area contributed by atoms with Crippen molar-refractivity contribution in [1.29, 1.82) is 0 Å². The summed E-state index contributed by atoms with van der Waals surface area (Å²) < 4.78 is 5.04. The lowest BCUT2D eigenvalue weighted by Crippen LogP contribution is -2.30. The Hall–Kier alpha value is -3.52. The molecule has 2 heterocycles. The standard InChI is InChI=1S/C25H27ClN4O4/c1-14(2)13-34-25(33)28-9-3-8-27-23(31)15-4-7-20-16(10-15)11-21(30-20)17-5-6-19(26)18-12-29-24(32)22(17)18/h4-7,10-11,14,30H,3,8-9,12-13H2,1-2H3,(H,27,31)(H,28,33)(H,29,32). The van der Waals surface area contributed by atoms with E-state index in [1.165, 1.54) is 0 Å². The highest BCUT2D eigenvalue weighted by Crippen LogP contribution is 2.34. The molecule has 0 fully saturated rings. The van der Waals surface area contributed by atoms with Crippen LogP contribution in [0.3, 0.4) is 0 Å². The fraction of sp³-hybridized carbons (Fsp3) is 0.320. The summed E-state index contributed by atoms with van der Waals surface area (Å²) in [6.45, 7) is 5.56. The molecule has 4 rings (SSSR count). The number of nitrogens with one attached hydrogen (secondary N) is 4. The number of amides is 3. The van der Waals surface area contributed by atoms with Gasteiger partial charge in [0.25, 0.3) is 11.8 Å². The summed E-state index contributed by atoms with van der Waals surface area (Å²) >= 11 is 6.26. The molecule has 34 heavy (non-hydrogen) atoms. The van der Waals surface area contributed by atoms with Crippen LogP contribution < -0.4 is 16.0 Å². The Balaban J connectivity index is 1.38. The van der Waals surface area contributed by atoms with Crippen LogP contribution in [0.4, 0.5) is 4.79 Å². The second-order valence-electron chi connectivity index (χ2n) is 8.64. The number of rotatable bonds is 8. The molecule has 4 N–H and O–H groups in total. The molecule has 0 atom stereocenters. The molecular weight excluding hydrogens is 456 g/mol. The summed E-state index contributed by atoms with van der Waals surface area (Å²) in [7, 11) is 0. The van der Waals surface area contributed by atoms with Crippen molar-refractivity contribution >= 4 is 40.4 Å². The first-order chi connectivity index (χ1) is 16.3. The van der Waals surface area contributed by atoms with E-state index in [1.54, 1.807) is 12.1 Å². The van der Waals surface area contributed by atoms with Crippen molar-refractivity contribution in [2.24, 2.45) is 5.92 Å². The van der Waals surface area contributed by atoms with Crippen molar-refractivity contribution < 1.29 is 19.1 Å². The smallest absolute Gasteiger partial charge is 0.407 e. The van der Waals surface area contributed by atoms with Gasteiger partial charge in [-0.25, -0.2) is 4.79 Å². The maximum Gasteiger partial charge on any atom is 0.407 e. The topological polar surface area (TPSA) is 112 Å². The summed E-state index contributed by atoms with van der Waals surface area (Å²) in [6.07, 6.45) is 0.139. The zero-order chi connectivity index (χ0) is 24.2. The third kappa shape index (κ3) is 5.17. The number of H-pyrrole nitrogens is 1. The van der Waals surface area contributed by atoms with Crippen LogP contribution in [0, 0.1) is 5.92 Å². The van der Waals surface area contributed by atoms with Crippen molar-refractivity contribution in [3.05, 3.63) is 58.1 Å². The number of carbonyl (C=O) groups is 3. The van der Waals surface area contributed by atoms with Crippen molar-refractivity contribution in [1.82, 2.24) is 20.9 Å². The normalized spacial score (nSPS) is 12.5. The van der Waals surface area contributed by atoms with Crippen LogP contribution >= 0.6 is 11.6 Å². The van der Waals surface area contributed by atoms with Crippen LogP contribution in [0.5, 0.6) is 0 Å². The summed E-state index contributed by atoms with van der Waals surface area (Å²) in [5, 5.41) is 9.77. The van der Waals surface area contributed by atoms with Gasteiger partial charge in [-0.3, -0.25) is 9.59 Å². The van der Waals surface area contributed by atoms with Gasteiger partial charge in [0.2, 0.25) is 0 Å². The quantitative estimate of drug-likeness (QED) is 0.360. The van der Waals surface area contributed by atoms with Gasteiger partial charge in [0.05, 0.1) is 12.2 Å². The molecule has 0 radical (unpaired) electrons. The molecule has 3 amide bonds. The van der Waals surface area contributed by atoms with E-state index in [9.17, 15) is 14.4 Å². The van der Waals surface area contributed by atoms with Gasteiger partial charge in [0.1, 0.15) is 0 Å². The van der Waals surface area contributed by atoms with Gasteiger partial charge in [-0.2, -0.15) is 0 Å². The molecule has 0 bridgehead atoms. The number of hydrogen-bond acceptors (Lipinski definition) is 4. The zero-order valence-corrected chi connectivity index (χ0v) is 19.8. The molecular formula is C25H27ClN4O4. The van der Waals surface area contributed by atoms with Crippen molar-refractivity contribution in [3.8, 4) is 11.3 Å². The lowest BCUT2D eigenvalue weighted by atomic mass is 10.0. The van der Waals surface area contributed by atoms with E-state index in [-0.39, 0.29) is 17.7 Å². The molecule has 0 aliphatic carbocycles. The van der Waals surface area contributed by atoms with E-state index >= 15 is 0 Å². The molecule has 1 aliphatic rings. The Bertz CT molecular complexity index is 1250. The van der Waals surface area contributed by atoms with Crippen LogP contribution in [0.15, 0.2) is 36.4 Å². The van der Waals surface area contributed by atoms with Gasteiger partial charge < -0.3 is 25.7 Å². The van der Waals surface area contributed by atoms with E-state index in [2.05, 4.69) is 20.9 Å². The average Bonchev–Trinajstić information content (AvgIpc) is 3.41. The summed E-state index contributed by atoms with van der Waals surface area (Å²) in [6, 6.07) is 10.9. The van der Waals surface area contributed by atoms with Crippen LogP contribution in [-0.2, 0) is 11.3 Å². The van der Waals surface area contributed by atoms with Crippen LogP contribution in [0.25, 0.3) is 22.2 Å². The van der Waals surface area contributed by atoms with Crippen molar-refractivity contribution in [3.63, 3.8) is 0 Å². The Labute approximate surface area is 202 Å². The van der Waals surface area contributed by atoms with Gasteiger partial charge in [-0.15, -0.1) is 0 Å². The Kier molecular flexibility index (Phi) is 7.07. The van der Waals surface area contributed by atoms with E-state index in [0.717, 1.165) is 27.7 Å². The molecule has 9 heteroatoms. The number of fused-ring (bicyclic) bond motifs is 2. The number of ether oxygens (including phenoxy) is 1. The number of carbonyl (C=O) groups excluding carboxylic acids is 3. The number of aromatic nitrogens is 1. The van der Waals surface area contributed by atoms with E-state index in [1.807, 2.05) is 38.1 Å². The summed E-state index contributed by atoms with van der Waals surface area (Å²) in [5.41, 5.74) is 4.33. The van der Waals surface area contributed by atoms with E-state index in [0.29, 0.717) is 48.8 Å². The molecule has 178 valence electrons. The molecule has 1 aliphatic heterocycles. The minimum absolute atomic E-state index is 0.145. The lowest BCUT2D eigenvalue weighted by molar-refractivity contribution is 0.0949. The van der Waals surface area contributed by atoms with Gasteiger partial charge in [0.15, 0.2) is 0 Å². The fourth-order valence-electron chi connectivity index (χ4n) is 3.83. The lowest BCUT2D eigenvalue weighted by Gasteiger charge is -2.09. The Morgan fingerprint density at radius 1 is 1.12 bits per heavy atom. The first-order valence-electron chi connectivity index (χ1n) is 11.2. The highest BCUT2D eigenvalue weighted by atomic mass is 35.5. The third-order valence-electron chi connectivity index (χ3n) is 5.54. The Morgan fingerprint density at radius 2 is 1.91 bits per heavy atom. The summed E-state index contributed by atoms with van der Waals surface area (Å²) in [5.74, 6) is -0.0577. The number of benzene rings is 2. The maximum absolute atomic E-state index is 12.6. The van der Waals surface area contributed by atoms with E-state index in [4.69, 9.17) is 16.3 Å². The molecule has 3 aromatic rings. The molecule has 1 aromatic heterocycles. The zero-order valence-electron chi connectivity index (χ0n) is 19.1. The number of hydrogen-bond donors (Lipinski definition) is 4. The monoisotopic (exact) mass is 482 g/mol. The first-order valence-corrected chi connectivity index (χ1v) is 11.6. The van der Waals surface area contributed by atoms with Crippen molar-refractivity contribution in [2.75, 3.05) is 19.7 Å². The second-order valence-corrected chi connectivity index (χ2v) is 9.05. The molecule has 0 saturated heterocycles. The van der Waals surface area contributed by atoms with Crippen molar-refractivity contribution in [2.45, 2.75) is 26.8 Å². The highest BCUT2D eigenvalue weighted by molar-refractivity contribution is 6.32. The number of aromatic amines is 1. The third-order valence-corrected chi connectivity index (χ3v) is 5.89. The van der Waals surface area contributed by atoms with Gasteiger partial charge in [-0.05, 0) is 42.7 Å².